The second-order valence-corrected chi connectivity index (χ2v) is 6.93. The van der Waals surface area contributed by atoms with Gasteiger partial charge in [-0.2, -0.15) is 0 Å². The highest BCUT2D eigenvalue weighted by Gasteiger charge is 2.11. The van der Waals surface area contributed by atoms with E-state index in [-0.39, 0.29) is 0 Å². The molecular formula is C13H16ClN3OS2. The minimum absolute atomic E-state index is 0.693. The fourth-order valence-corrected chi connectivity index (χ4v) is 3.81. The molecule has 1 aromatic heterocycles. The first-order valence-corrected chi connectivity index (χ1v) is 8.17. The van der Waals surface area contributed by atoms with E-state index in [0.29, 0.717) is 6.61 Å². The zero-order chi connectivity index (χ0) is 14.4. The molecule has 0 fully saturated rings. The molecule has 0 amide bonds. The number of nitrogens with one attached hydrogen (secondary N) is 1. The van der Waals surface area contributed by atoms with Crippen LogP contribution in [0.15, 0.2) is 27.4 Å². The van der Waals surface area contributed by atoms with Crippen molar-refractivity contribution in [1.82, 2.24) is 15.5 Å². The van der Waals surface area contributed by atoms with Gasteiger partial charge in [0.05, 0.1) is 11.6 Å². The topological polar surface area (TPSA) is 47.0 Å². The summed E-state index contributed by atoms with van der Waals surface area (Å²) < 4.78 is 5.93. The van der Waals surface area contributed by atoms with Crippen LogP contribution in [-0.4, -0.2) is 30.5 Å². The van der Waals surface area contributed by atoms with Crippen LogP contribution in [0.25, 0.3) is 0 Å². The van der Waals surface area contributed by atoms with Gasteiger partial charge in [-0.25, -0.2) is 0 Å². The Kier molecular flexibility index (Phi) is 6.25. The van der Waals surface area contributed by atoms with Gasteiger partial charge in [0.2, 0.25) is 0 Å². The molecule has 2 rings (SSSR count). The number of nitrogens with zero attached hydrogens (tertiary/aromatic N) is 2. The maximum atomic E-state index is 6.31. The summed E-state index contributed by atoms with van der Waals surface area (Å²) in [7, 11) is 1.69. The van der Waals surface area contributed by atoms with E-state index in [1.807, 2.05) is 19.1 Å². The molecule has 1 heterocycles. The molecule has 0 unspecified atom stereocenters. The molecule has 0 atom stereocenters. The number of hydrogen-bond donors (Lipinski definition) is 1. The van der Waals surface area contributed by atoms with E-state index >= 15 is 0 Å². The minimum Gasteiger partial charge on any atom is -0.383 e. The molecular weight excluding hydrogens is 314 g/mol. The number of halogens is 1. The molecule has 1 aromatic carbocycles. The van der Waals surface area contributed by atoms with E-state index in [9.17, 15) is 0 Å². The van der Waals surface area contributed by atoms with E-state index in [4.69, 9.17) is 16.3 Å². The van der Waals surface area contributed by atoms with Crippen LogP contribution in [0.4, 0.5) is 0 Å². The van der Waals surface area contributed by atoms with Gasteiger partial charge in [0, 0.05) is 25.1 Å². The highest BCUT2D eigenvalue weighted by atomic mass is 35.5. The van der Waals surface area contributed by atoms with E-state index in [0.717, 1.165) is 37.9 Å². The van der Waals surface area contributed by atoms with Crippen LogP contribution in [0.2, 0.25) is 5.02 Å². The number of methoxy groups -OCH3 is 1. The first kappa shape index (κ1) is 15.7. The molecule has 7 heteroatoms. The van der Waals surface area contributed by atoms with Crippen molar-refractivity contribution in [2.45, 2.75) is 22.7 Å². The van der Waals surface area contributed by atoms with Crippen molar-refractivity contribution in [2.24, 2.45) is 0 Å². The summed E-state index contributed by atoms with van der Waals surface area (Å²) in [4.78, 5) is 1.04. The van der Waals surface area contributed by atoms with Crippen molar-refractivity contribution in [3.05, 3.63) is 33.8 Å². The van der Waals surface area contributed by atoms with Gasteiger partial charge in [0.1, 0.15) is 5.01 Å². The first-order valence-electron chi connectivity index (χ1n) is 6.15. The molecule has 0 saturated heterocycles. The van der Waals surface area contributed by atoms with E-state index < -0.39 is 0 Å². The molecule has 2 aromatic rings. The zero-order valence-electron chi connectivity index (χ0n) is 11.4. The summed E-state index contributed by atoms with van der Waals surface area (Å²) in [6.07, 6.45) is 0. The summed E-state index contributed by atoms with van der Waals surface area (Å²) in [5.41, 5.74) is 1.16. The second kappa shape index (κ2) is 7.95. The quantitative estimate of drug-likeness (QED) is 0.789. The average Bonchev–Trinajstić information content (AvgIpc) is 2.84. The Morgan fingerprint density at radius 3 is 2.95 bits per heavy atom. The molecule has 0 aliphatic carbocycles. The van der Waals surface area contributed by atoms with Crippen molar-refractivity contribution < 1.29 is 4.74 Å². The van der Waals surface area contributed by atoms with Crippen molar-refractivity contribution in [3.8, 4) is 0 Å². The predicted octanol–water partition coefficient (Wildman–Crippen LogP) is 3.39. The molecule has 0 aliphatic heterocycles. The fourth-order valence-electron chi connectivity index (χ4n) is 1.61. The number of hydrogen-bond acceptors (Lipinski definition) is 6. The van der Waals surface area contributed by atoms with E-state index in [2.05, 4.69) is 21.6 Å². The Hall–Kier alpha value is -0.660. The lowest BCUT2D eigenvalue weighted by atomic mass is 10.2. The molecule has 1 N–H and O–H groups in total. The summed E-state index contributed by atoms with van der Waals surface area (Å²) in [5, 5.41) is 13.2. The first-order chi connectivity index (χ1) is 9.70. The average molecular weight is 330 g/mol. The SMILES string of the molecule is COCCNCc1cccc(Cl)c1Sc1nnc(C)s1. The Balaban J connectivity index is 2.09. The van der Waals surface area contributed by atoms with Crippen LogP contribution in [0.3, 0.4) is 0 Å². The van der Waals surface area contributed by atoms with Crippen molar-refractivity contribution >= 4 is 34.7 Å². The third-order valence-electron chi connectivity index (χ3n) is 2.54. The lowest BCUT2D eigenvalue weighted by molar-refractivity contribution is 0.199. The Morgan fingerprint density at radius 2 is 2.25 bits per heavy atom. The maximum Gasteiger partial charge on any atom is 0.179 e. The smallest absolute Gasteiger partial charge is 0.179 e. The summed E-state index contributed by atoms with van der Waals surface area (Å²) in [5.74, 6) is 0. The van der Waals surface area contributed by atoms with Gasteiger partial charge in [-0.3, -0.25) is 0 Å². The lowest BCUT2D eigenvalue weighted by Crippen LogP contribution is -2.18. The number of aryl methyl sites for hydroxylation is 1. The number of aromatic nitrogens is 2. The van der Waals surface area contributed by atoms with Crippen molar-refractivity contribution in [3.63, 3.8) is 0 Å². The third-order valence-corrected chi connectivity index (χ3v) is 5.05. The monoisotopic (exact) mass is 329 g/mol. The van der Waals surface area contributed by atoms with Crippen LogP contribution in [0.1, 0.15) is 10.6 Å². The predicted molar refractivity (Wildman–Crippen MR) is 83.8 cm³/mol. The van der Waals surface area contributed by atoms with Gasteiger partial charge in [0.25, 0.3) is 0 Å². The Morgan fingerprint density at radius 1 is 1.40 bits per heavy atom. The summed E-state index contributed by atoms with van der Waals surface area (Å²) in [6.45, 7) is 4.20. The minimum atomic E-state index is 0.693. The van der Waals surface area contributed by atoms with Crippen LogP contribution < -0.4 is 5.32 Å². The van der Waals surface area contributed by atoms with Crippen LogP contribution >= 0.6 is 34.7 Å². The number of ether oxygens (including phenoxy) is 1. The normalized spacial score (nSPS) is 10.9. The Bertz CT molecular complexity index is 562. The fraction of sp³-hybridized carbons (Fsp3) is 0.385. The molecule has 4 nitrogen and oxygen atoms in total. The molecule has 108 valence electrons. The standard InChI is InChI=1S/C13H16ClN3OS2/c1-9-16-17-13(19-9)20-12-10(4-3-5-11(12)14)8-15-6-7-18-2/h3-5,15H,6-8H2,1-2H3. The van der Waals surface area contributed by atoms with Gasteiger partial charge < -0.3 is 10.1 Å². The van der Waals surface area contributed by atoms with Gasteiger partial charge >= 0.3 is 0 Å². The van der Waals surface area contributed by atoms with Gasteiger partial charge in [-0.1, -0.05) is 46.8 Å². The third kappa shape index (κ3) is 4.43. The largest absolute Gasteiger partial charge is 0.383 e. The Labute approximate surface area is 131 Å². The van der Waals surface area contributed by atoms with Crippen LogP contribution in [-0.2, 0) is 11.3 Å². The van der Waals surface area contributed by atoms with Gasteiger partial charge in [0.15, 0.2) is 4.34 Å². The van der Waals surface area contributed by atoms with Gasteiger partial charge in [-0.15, -0.1) is 10.2 Å². The lowest BCUT2D eigenvalue weighted by Gasteiger charge is -2.10. The second-order valence-electron chi connectivity index (χ2n) is 4.09. The van der Waals surface area contributed by atoms with E-state index in [1.54, 1.807) is 30.2 Å². The highest BCUT2D eigenvalue weighted by molar-refractivity contribution is 8.01. The molecule has 0 saturated carbocycles. The molecule has 0 radical (unpaired) electrons. The van der Waals surface area contributed by atoms with E-state index in [1.165, 1.54) is 0 Å². The zero-order valence-corrected chi connectivity index (χ0v) is 13.7. The number of benzene rings is 1. The van der Waals surface area contributed by atoms with Gasteiger partial charge in [-0.05, 0) is 18.6 Å². The summed E-state index contributed by atoms with van der Waals surface area (Å²) >= 11 is 9.45. The molecule has 0 spiro atoms. The molecule has 0 aliphatic rings. The van der Waals surface area contributed by atoms with Crippen molar-refractivity contribution in [2.75, 3.05) is 20.3 Å². The molecule has 0 bridgehead atoms. The highest BCUT2D eigenvalue weighted by Crippen LogP contribution is 2.37. The van der Waals surface area contributed by atoms with Crippen molar-refractivity contribution in [1.29, 1.82) is 0 Å². The van der Waals surface area contributed by atoms with Crippen LogP contribution in [0.5, 0.6) is 0 Å². The molecule has 20 heavy (non-hydrogen) atoms. The number of rotatable bonds is 7. The maximum absolute atomic E-state index is 6.31. The van der Waals surface area contributed by atoms with Crippen LogP contribution in [0, 0.1) is 6.92 Å². The summed E-state index contributed by atoms with van der Waals surface area (Å²) in [6, 6.07) is 5.93.